The molecule has 0 unspecified atom stereocenters. The van der Waals surface area contributed by atoms with Crippen LogP contribution in [0.15, 0.2) is 49.8 Å². The van der Waals surface area contributed by atoms with Gasteiger partial charge in [-0.1, -0.05) is 16.9 Å². The predicted molar refractivity (Wildman–Crippen MR) is 87.0 cm³/mol. The number of aryl methyl sites for hydroxylation is 1. The summed E-state index contributed by atoms with van der Waals surface area (Å²) in [6.45, 7) is 1.73. The van der Waals surface area contributed by atoms with Gasteiger partial charge in [0.15, 0.2) is 0 Å². The van der Waals surface area contributed by atoms with E-state index in [9.17, 15) is 23.2 Å². The molecule has 0 aliphatic carbocycles. The standard InChI is InChI=1S/C15H13N3O6S/c1-8-4-3-5-9(6-8)25(22,23)10-7-16-13(24-2)11-12(10)17-15(20)18(21)14(11)19/h3-7,21H,1-2H3,(H,17,20). The number of hydrogen-bond donors (Lipinski definition) is 2. The summed E-state index contributed by atoms with van der Waals surface area (Å²) < 4.78 is 30.6. The van der Waals surface area contributed by atoms with E-state index in [1.54, 1.807) is 19.1 Å². The summed E-state index contributed by atoms with van der Waals surface area (Å²) in [5.41, 5.74) is -1.87. The van der Waals surface area contributed by atoms with Gasteiger partial charge in [-0.05, 0) is 24.6 Å². The summed E-state index contributed by atoms with van der Waals surface area (Å²) in [4.78, 5) is 29.5. The SMILES string of the molecule is COc1ncc(S(=O)(=O)c2cccc(C)c2)c2[nH]c(=O)n(O)c(=O)c12. The minimum Gasteiger partial charge on any atom is -0.480 e. The summed E-state index contributed by atoms with van der Waals surface area (Å²) in [7, 11) is -2.85. The van der Waals surface area contributed by atoms with Crippen LogP contribution in [0.2, 0.25) is 0 Å². The topological polar surface area (TPSA) is 131 Å². The van der Waals surface area contributed by atoms with Crippen molar-refractivity contribution in [3.8, 4) is 5.88 Å². The van der Waals surface area contributed by atoms with Gasteiger partial charge < -0.3 is 14.9 Å². The number of sulfone groups is 1. The third kappa shape index (κ3) is 2.56. The highest BCUT2D eigenvalue weighted by Gasteiger charge is 2.25. The fourth-order valence-corrected chi connectivity index (χ4v) is 3.89. The van der Waals surface area contributed by atoms with Gasteiger partial charge >= 0.3 is 11.2 Å². The van der Waals surface area contributed by atoms with E-state index in [1.807, 2.05) is 0 Å². The van der Waals surface area contributed by atoms with Crippen LogP contribution in [-0.4, -0.2) is 35.4 Å². The van der Waals surface area contributed by atoms with Crippen LogP contribution in [0.3, 0.4) is 0 Å². The molecule has 0 bridgehead atoms. The lowest BCUT2D eigenvalue weighted by Crippen LogP contribution is -2.34. The van der Waals surface area contributed by atoms with Crippen LogP contribution >= 0.6 is 0 Å². The molecule has 0 fully saturated rings. The maximum Gasteiger partial charge on any atom is 0.362 e. The number of nitrogens with zero attached hydrogens (tertiary/aromatic N) is 2. The van der Waals surface area contributed by atoms with E-state index in [0.717, 1.165) is 11.8 Å². The molecule has 2 aromatic heterocycles. The molecule has 0 aliphatic heterocycles. The number of hydrogen-bond acceptors (Lipinski definition) is 7. The second-order valence-corrected chi connectivity index (χ2v) is 7.17. The van der Waals surface area contributed by atoms with Crippen LogP contribution in [0.1, 0.15) is 5.56 Å². The first-order valence-electron chi connectivity index (χ1n) is 7.00. The smallest absolute Gasteiger partial charge is 0.362 e. The molecular weight excluding hydrogens is 350 g/mol. The van der Waals surface area contributed by atoms with Crippen molar-refractivity contribution in [2.24, 2.45) is 0 Å². The fourth-order valence-electron chi connectivity index (χ4n) is 2.42. The molecule has 2 N–H and O–H groups in total. The van der Waals surface area contributed by atoms with Crippen molar-refractivity contribution in [1.82, 2.24) is 14.7 Å². The van der Waals surface area contributed by atoms with E-state index < -0.39 is 21.1 Å². The van der Waals surface area contributed by atoms with Gasteiger partial charge in [-0.2, -0.15) is 0 Å². The van der Waals surface area contributed by atoms with Crippen LogP contribution in [0.5, 0.6) is 5.88 Å². The van der Waals surface area contributed by atoms with Crippen molar-refractivity contribution in [3.05, 3.63) is 56.9 Å². The first-order valence-corrected chi connectivity index (χ1v) is 8.48. The summed E-state index contributed by atoms with van der Waals surface area (Å²) >= 11 is 0. The second kappa shape index (κ2) is 5.74. The highest BCUT2D eigenvalue weighted by Crippen LogP contribution is 2.28. The third-order valence-corrected chi connectivity index (χ3v) is 5.39. The lowest BCUT2D eigenvalue weighted by atomic mass is 10.2. The number of methoxy groups -OCH3 is 1. The number of benzene rings is 1. The quantitative estimate of drug-likeness (QED) is 0.647. The van der Waals surface area contributed by atoms with Gasteiger partial charge in [-0.15, -0.1) is 0 Å². The second-order valence-electron chi connectivity index (χ2n) is 5.25. The number of aromatic nitrogens is 3. The van der Waals surface area contributed by atoms with E-state index in [1.165, 1.54) is 19.2 Å². The lowest BCUT2D eigenvalue weighted by Gasteiger charge is -2.10. The molecule has 9 nitrogen and oxygen atoms in total. The Balaban J connectivity index is 2.46. The monoisotopic (exact) mass is 363 g/mol. The maximum atomic E-state index is 12.9. The van der Waals surface area contributed by atoms with E-state index in [4.69, 9.17) is 4.74 Å². The average Bonchev–Trinajstić information content (AvgIpc) is 2.58. The van der Waals surface area contributed by atoms with Gasteiger partial charge in [0.05, 0.1) is 23.7 Å². The molecule has 130 valence electrons. The molecule has 25 heavy (non-hydrogen) atoms. The molecule has 0 atom stereocenters. The van der Waals surface area contributed by atoms with Gasteiger partial charge in [0.1, 0.15) is 10.3 Å². The summed E-state index contributed by atoms with van der Waals surface area (Å²) in [6, 6.07) is 6.15. The van der Waals surface area contributed by atoms with Crippen molar-refractivity contribution >= 4 is 20.7 Å². The molecule has 0 saturated carbocycles. The number of fused-ring (bicyclic) bond motifs is 1. The van der Waals surface area contributed by atoms with Crippen LogP contribution in [0, 0.1) is 6.92 Å². The summed E-state index contributed by atoms with van der Waals surface area (Å²) in [5, 5.41) is 9.15. The largest absolute Gasteiger partial charge is 0.480 e. The highest BCUT2D eigenvalue weighted by molar-refractivity contribution is 7.91. The first-order chi connectivity index (χ1) is 11.8. The Kier molecular flexibility index (Phi) is 3.84. The van der Waals surface area contributed by atoms with Gasteiger partial charge in [-0.3, -0.25) is 4.79 Å². The minimum atomic E-state index is -4.08. The van der Waals surface area contributed by atoms with Gasteiger partial charge in [0.25, 0.3) is 0 Å². The molecule has 3 rings (SSSR count). The molecule has 10 heteroatoms. The molecule has 3 aromatic rings. The Morgan fingerprint density at radius 3 is 2.64 bits per heavy atom. The van der Waals surface area contributed by atoms with Gasteiger partial charge in [0, 0.05) is 0 Å². The van der Waals surface area contributed by atoms with Crippen molar-refractivity contribution < 1.29 is 18.4 Å². The van der Waals surface area contributed by atoms with E-state index in [2.05, 4.69) is 9.97 Å². The molecule has 0 spiro atoms. The molecule has 0 radical (unpaired) electrons. The fraction of sp³-hybridized carbons (Fsp3) is 0.133. The lowest BCUT2D eigenvalue weighted by molar-refractivity contribution is 0.162. The number of H-pyrrole nitrogens is 1. The van der Waals surface area contributed by atoms with Crippen LogP contribution in [0.25, 0.3) is 10.9 Å². The van der Waals surface area contributed by atoms with Crippen molar-refractivity contribution in [2.45, 2.75) is 16.7 Å². The zero-order valence-corrected chi connectivity index (χ0v) is 14.0. The minimum absolute atomic E-state index is 0.0187. The van der Waals surface area contributed by atoms with Crippen LogP contribution in [-0.2, 0) is 9.84 Å². The van der Waals surface area contributed by atoms with Crippen LogP contribution < -0.4 is 16.0 Å². The van der Waals surface area contributed by atoms with E-state index >= 15 is 0 Å². The van der Waals surface area contributed by atoms with E-state index in [-0.39, 0.29) is 31.3 Å². The number of ether oxygens (including phenoxy) is 1. The normalized spacial score (nSPS) is 11.6. The Labute approximate surface area is 141 Å². The maximum absolute atomic E-state index is 12.9. The highest BCUT2D eigenvalue weighted by atomic mass is 32.2. The van der Waals surface area contributed by atoms with Crippen molar-refractivity contribution in [2.75, 3.05) is 7.11 Å². The average molecular weight is 363 g/mol. The number of rotatable bonds is 3. The third-order valence-electron chi connectivity index (χ3n) is 3.62. The van der Waals surface area contributed by atoms with Crippen molar-refractivity contribution in [3.63, 3.8) is 0 Å². The molecular formula is C15H13N3O6S. The summed E-state index contributed by atoms with van der Waals surface area (Å²) in [6.07, 6.45) is 0.996. The predicted octanol–water partition coefficient (Wildman–Crippen LogP) is 0.472. The van der Waals surface area contributed by atoms with Crippen LogP contribution in [0.4, 0.5) is 0 Å². The number of aromatic amines is 1. The van der Waals surface area contributed by atoms with E-state index in [0.29, 0.717) is 0 Å². The summed E-state index contributed by atoms with van der Waals surface area (Å²) in [5.74, 6) is -0.220. The molecule has 0 amide bonds. The number of pyridine rings is 1. The van der Waals surface area contributed by atoms with Crippen molar-refractivity contribution in [1.29, 1.82) is 0 Å². The molecule has 2 heterocycles. The Bertz CT molecular complexity index is 1210. The zero-order chi connectivity index (χ0) is 18.4. The van der Waals surface area contributed by atoms with Gasteiger partial charge in [0.2, 0.25) is 15.7 Å². The number of nitrogens with one attached hydrogen (secondary N) is 1. The van der Waals surface area contributed by atoms with Gasteiger partial charge in [-0.25, -0.2) is 18.2 Å². The molecule has 0 aliphatic rings. The Morgan fingerprint density at radius 1 is 1.28 bits per heavy atom. The Morgan fingerprint density at radius 2 is 2.00 bits per heavy atom. The zero-order valence-electron chi connectivity index (χ0n) is 13.2. The molecule has 1 aromatic carbocycles. The molecule has 0 saturated heterocycles. The first kappa shape index (κ1) is 16.7. The Hall–Kier alpha value is -3.14.